The molecule has 2 aliphatic carbocycles. The van der Waals surface area contributed by atoms with Gasteiger partial charge in [0, 0.05) is 24.7 Å². The standard InChI is InChI=1S/C15H28N2O2/c1-4-15(6-7-15)17(3)9-8-16-13-10-12(11-13)14(18)19-5-2/h12-13,16H,4-11H2,1-3H3. The number of likely N-dealkylation sites (N-methyl/N-ethyl adjacent to an activating group) is 1. The van der Waals surface area contributed by atoms with Crippen LogP contribution in [0.5, 0.6) is 0 Å². The van der Waals surface area contributed by atoms with Crippen LogP contribution in [0, 0.1) is 5.92 Å². The van der Waals surface area contributed by atoms with Crippen LogP contribution in [0.25, 0.3) is 0 Å². The molecule has 0 heterocycles. The van der Waals surface area contributed by atoms with Crippen LogP contribution in [0.3, 0.4) is 0 Å². The lowest BCUT2D eigenvalue weighted by Crippen LogP contribution is -2.47. The van der Waals surface area contributed by atoms with Gasteiger partial charge in [0.2, 0.25) is 0 Å². The predicted octanol–water partition coefficient (Wildman–Crippen LogP) is 1.79. The zero-order chi connectivity index (χ0) is 13.9. The third kappa shape index (κ3) is 3.48. The normalized spacial score (nSPS) is 28.0. The van der Waals surface area contributed by atoms with E-state index in [-0.39, 0.29) is 11.9 Å². The van der Waals surface area contributed by atoms with Gasteiger partial charge in [-0.25, -0.2) is 0 Å². The van der Waals surface area contributed by atoms with Gasteiger partial charge in [0.05, 0.1) is 12.5 Å². The zero-order valence-electron chi connectivity index (χ0n) is 12.6. The molecule has 4 nitrogen and oxygen atoms in total. The molecule has 0 amide bonds. The van der Waals surface area contributed by atoms with Crippen molar-refractivity contribution < 1.29 is 9.53 Å². The topological polar surface area (TPSA) is 41.6 Å². The van der Waals surface area contributed by atoms with Gasteiger partial charge in [-0.2, -0.15) is 0 Å². The number of nitrogens with zero attached hydrogens (tertiary/aromatic N) is 1. The summed E-state index contributed by atoms with van der Waals surface area (Å²) in [5.74, 6) is 0.126. The Morgan fingerprint density at radius 3 is 2.58 bits per heavy atom. The second-order valence-corrected chi connectivity index (χ2v) is 6.07. The summed E-state index contributed by atoms with van der Waals surface area (Å²) in [6.45, 7) is 6.78. The van der Waals surface area contributed by atoms with E-state index >= 15 is 0 Å². The lowest BCUT2D eigenvalue weighted by Gasteiger charge is -2.35. The number of hydrogen-bond acceptors (Lipinski definition) is 4. The molecule has 0 aromatic carbocycles. The number of hydrogen-bond donors (Lipinski definition) is 1. The molecule has 110 valence electrons. The monoisotopic (exact) mass is 268 g/mol. The summed E-state index contributed by atoms with van der Waals surface area (Å²) in [4.78, 5) is 14.0. The predicted molar refractivity (Wildman–Crippen MR) is 76.0 cm³/mol. The molecule has 0 unspecified atom stereocenters. The minimum Gasteiger partial charge on any atom is -0.466 e. The first-order valence-corrected chi connectivity index (χ1v) is 7.72. The number of carbonyl (C=O) groups excluding carboxylic acids is 1. The molecule has 0 aromatic rings. The molecule has 4 heteroatoms. The van der Waals surface area contributed by atoms with E-state index < -0.39 is 0 Å². The highest BCUT2D eigenvalue weighted by molar-refractivity contribution is 5.73. The number of nitrogens with one attached hydrogen (secondary N) is 1. The van der Waals surface area contributed by atoms with Crippen molar-refractivity contribution in [2.75, 3.05) is 26.7 Å². The van der Waals surface area contributed by atoms with E-state index in [0.717, 1.165) is 25.9 Å². The smallest absolute Gasteiger partial charge is 0.309 e. The lowest BCUT2D eigenvalue weighted by molar-refractivity contribution is -0.151. The van der Waals surface area contributed by atoms with Crippen LogP contribution < -0.4 is 5.32 Å². The van der Waals surface area contributed by atoms with Crippen molar-refractivity contribution in [3.05, 3.63) is 0 Å². The molecule has 1 N–H and O–H groups in total. The molecule has 2 aliphatic rings. The van der Waals surface area contributed by atoms with Gasteiger partial charge in [0.1, 0.15) is 0 Å². The summed E-state index contributed by atoms with van der Waals surface area (Å²) in [5, 5.41) is 3.55. The summed E-state index contributed by atoms with van der Waals surface area (Å²) in [5.41, 5.74) is 0.509. The Balaban J connectivity index is 1.55. The Labute approximate surface area is 116 Å². The fraction of sp³-hybridized carbons (Fsp3) is 0.933. The molecule has 2 saturated carbocycles. The van der Waals surface area contributed by atoms with Gasteiger partial charge in [-0.05, 0) is 46.1 Å². The average Bonchev–Trinajstić information content (AvgIpc) is 3.12. The summed E-state index contributed by atoms with van der Waals surface area (Å²) >= 11 is 0. The number of carbonyl (C=O) groups is 1. The number of rotatable bonds is 8. The van der Waals surface area contributed by atoms with Crippen LogP contribution in [0.2, 0.25) is 0 Å². The van der Waals surface area contributed by atoms with Crippen molar-refractivity contribution in [1.82, 2.24) is 10.2 Å². The second-order valence-electron chi connectivity index (χ2n) is 6.07. The Bertz CT molecular complexity index is 309. The molecule has 2 fully saturated rings. The Kier molecular flexibility index (Phi) is 4.85. The van der Waals surface area contributed by atoms with Crippen LogP contribution in [0.4, 0.5) is 0 Å². The van der Waals surface area contributed by atoms with Crippen LogP contribution in [0.1, 0.15) is 46.0 Å². The van der Waals surface area contributed by atoms with Gasteiger partial charge >= 0.3 is 5.97 Å². The van der Waals surface area contributed by atoms with Crippen LogP contribution in [0.15, 0.2) is 0 Å². The third-order valence-electron chi connectivity index (χ3n) is 4.93. The molecule has 0 spiro atoms. The minimum absolute atomic E-state index is 0.0133. The van der Waals surface area contributed by atoms with Crippen molar-refractivity contribution in [3.8, 4) is 0 Å². The van der Waals surface area contributed by atoms with Gasteiger partial charge in [0.15, 0.2) is 0 Å². The Morgan fingerprint density at radius 1 is 1.37 bits per heavy atom. The fourth-order valence-electron chi connectivity index (χ4n) is 3.06. The highest BCUT2D eigenvalue weighted by Gasteiger charge is 2.44. The van der Waals surface area contributed by atoms with E-state index in [0.29, 0.717) is 18.2 Å². The lowest BCUT2D eigenvalue weighted by atomic mass is 9.80. The van der Waals surface area contributed by atoms with Gasteiger partial charge in [0.25, 0.3) is 0 Å². The van der Waals surface area contributed by atoms with Gasteiger partial charge in [-0.15, -0.1) is 0 Å². The molecule has 0 saturated heterocycles. The summed E-state index contributed by atoms with van der Waals surface area (Å²) in [6.07, 6.45) is 5.86. The molecule has 19 heavy (non-hydrogen) atoms. The third-order valence-corrected chi connectivity index (χ3v) is 4.93. The molecule has 0 bridgehead atoms. The fourth-order valence-corrected chi connectivity index (χ4v) is 3.06. The number of esters is 1. The largest absolute Gasteiger partial charge is 0.466 e. The first kappa shape index (κ1) is 14.8. The van der Waals surface area contributed by atoms with Crippen LogP contribution >= 0.6 is 0 Å². The van der Waals surface area contributed by atoms with Crippen LogP contribution in [-0.2, 0) is 9.53 Å². The average molecular weight is 268 g/mol. The maximum atomic E-state index is 11.5. The summed E-state index contributed by atoms with van der Waals surface area (Å²) < 4.78 is 5.03. The van der Waals surface area contributed by atoms with Crippen molar-refractivity contribution in [2.45, 2.75) is 57.5 Å². The molecule has 2 rings (SSSR count). The van der Waals surface area contributed by atoms with E-state index in [4.69, 9.17) is 4.74 Å². The van der Waals surface area contributed by atoms with Crippen molar-refractivity contribution >= 4 is 5.97 Å². The van der Waals surface area contributed by atoms with Crippen LogP contribution in [-0.4, -0.2) is 49.2 Å². The molecule has 0 aromatic heterocycles. The van der Waals surface area contributed by atoms with Gasteiger partial charge in [-0.3, -0.25) is 9.69 Å². The van der Waals surface area contributed by atoms with Crippen molar-refractivity contribution in [1.29, 1.82) is 0 Å². The minimum atomic E-state index is -0.0133. The Hall–Kier alpha value is -0.610. The quantitative estimate of drug-likeness (QED) is 0.682. The maximum Gasteiger partial charge on any atom is 0.309 e. The van der Waals surface area contributed by atoms with E-state index in [9.17, 15) is 4.79 Å². The molecular weight excluding hydrogens is 240 g/mol. The SMILES string of the molecule is CCOC(=O)C1CC(NCCN(C)C2(CC)CC2)C1. The first-order valence-electron chi connectivity index (χ1n) is 7.72. The molecule has 0 radical (unpaired) electrons. The van der Waals surface area contributed by atoms with E-state index in [1.807, 2.05) is 6.92 Å². The summed E-state index contributed by atoms with van der Waals surface area (Å²) in [7, 11) is 2.24. The molecule has 0 atom stereocenters. The molecule has 0 aliphatic heterocycles. The first-order chi connectivity index (χ1) is 9.11. The van der Waals surface area contributed by atoms with E-state index in [2.05, 4.69) is 24.2 Å². The maximum absolute atomic E-state index is 11.5. The zero-order valence-corrected chi connectivity index (χ0v) is 12.6. The van der Waals surface area contributed by atoms with Crippen molar-refractivity contribution in [3.63, 3.8) is 0 Å². The number of ether oxygens (including phenoxy) is 1. The Morgan fingerprint density at radius 2 is 2.05 bits per heavy atom. The highest BCUT2D eigenvalue weighted by atomic mass is 16.5. The second kappa shape index (κ2) is 6.23. The molecular formula is C15H28N2O2. The van der Waals surface area contributed by atoms with E-state index in [1.165, 1.54) is 19.3 Å². The van der Waals surface area contributed by atoms with Crippen molar-refractivity contribution in [2.24, 2.45) is 5.92 Å². The van der Waals surface area contributed by atoms with Gasteiger partial charge in [-0.1, -0.05) is 6.92 Å². The van der Waals surface area contributed by atoms with E-state index in [1.54, 1.807) is 0 Å². The van der Waals surface area contributed by atoms with Gasteiger partial charge < -0.3 is 10.1 Å². The highest BCUT2D eigenvalue weighted by Crippen LogP contribution is 2.43. The summed E-state index contributed by atoms with van der Waals surface area (Å²) in [6, 6.07) is 0.514.